The Morgan fingerprint density at radius 2 is 1.86 bits per heavy atom. The lowest BCUT2D eigenvalue weighted by molar-refractivity contribution is -0.384. The normalized spacial score (nSPS) is 16.0. The molecule has 1 aliphatic rings. The topological polar surface area (TPSA) is 110 Å². The molecule has 1 fully saturated rings. The van der Waals surface area contributed by atoms with Gasteiger partial charge in [-0.05, 0) is 25.3 Å². The van der Waals surface area contributed by atoms with Gasteiger partial charge in [-0.1, -0.05) is 38.2 Å². The number of hydrogen-bond donors (Lipinski definition) is 1. The standard InChI is InChI=1S/C19H29N3O5S/c1-28(26,27)21(17-11-7-12-18(15-17)22(24)25)14-8-13-19(23)20-16-9-5-3-2-4-6-10-16/h7,11-12,15-16H,2-6,8-10,13-14H2,1H3,(H,20,23). The first-order valence-corrected chi connectivity index (χ1v) is 11.6. The van der Waals surface area contributed by atoms with Crippen LogP contribution < -0.4 is 9.62 Å². The summed E-state index contributed by atoms with van der Waals surface area (Å²) < 4.78 is 25.4. The Bertz CT molecular complexity index is 774. The zero-order valence-electron chi connectivity index (χ0n) is 16.3. The highest BCUT2D eigenvalue weighted by atomic mass is 32.2. The Hall–Kier alpha value is -2.16. The maximum Gasteiger partial charge on any atom is 0.271 e. The van der Waals surface area contributed by atoms with Crippen molar-refractivity contribution in [1.29, 1.82) is 0 Å². The quantitative estimate of drug-likeness (QED) is 0.521. The predicted molar refractivity (Wildman–Crippen MR) is 109 cm³/mol. The molecule has 0 aromatic heterocycles. The van der Waals surface area contributed by atoms with Gasteiger partial charge in [0, 0.05) is 31.1 Å². The molecule has 0 bridgehead atoms. The van der Waals surface area contributed by atoms with Crippen LogP contribution in [-0.2, 0) is 14.8 Å². The lowest BCUT2D eigenvalue weighted by Crippen LogP contribution is -2.36. The second-order valence-corrected chi connectivity index (χ2v) is 9.23. The summed E-state index contributed by atoms with van der Waals surface area (Å²) >= 11 is 0. The fourth-order valence-corrected chi connectivity index (χ4v) is 4.49. The summed E-state index contributed by atoms with van der Waals surface area (Å²) in [4.78, 5) is 22.6. The van der Waals surface area contributed by atoms with E-state index in [4.69, 9.17) is 0 Å². The predicted octanol–water partition coefficient (Wildman–Crippen LogP) is 3.37. The molecule has 0 atom stereocenters. The molecular formula is C19H29N3O5S. The molecule has 2 rings (SSSR count). The van der Waals surface area contributed by atoms with Gasteiger partial charge in [-0.2, -0.15) is 0 Å². The van der Waals surface area contributed by atoms with Crippen molar-refractivity contribution in [2.45, 2.75) is 63.8 Å². The maximum atomic E-state index is 12.3. The zero-order valence-corrected chi connectivity index (χ0v) is 17.1. The number of benzene rings is 1. The van der Waals surface area contributed by atoms with E-state index in [2.05, 4.69) is 5.32 Å². The number of sulfonamides is 1. The molecule has 1 N–H and O–H groups in total. The molecule has 0 aliphatic heterocycles. The number of nitro benzene ring substituents is 1. The third-order valence-corrected chi connectivity index (χ3v) is 6.16. The van der Waals surface area contributed by atoms with Crippen LogP contribution in [0.25, 0.3) is 0 Å². The fraction of sp³-hybridized carbons (Fsp3) is 0.632. The molecule has 9 heteroatoms. The van der Waals surface area contributed by atoms with Crippen molar-refractivity contribution >= 4 is 27.3 Å². The first kappa shape index (κ1) is 22.1. The van der Waals surface area contributed by atoms with E-state index in [1.807, 2.05) is 0 Å². The number of carbonyl (C=O) groups excluding carboxylic acids is 1. The van der Waals surface area contributed by atoms with Crippen LogP contribution in [0.1, 0.15) is 57.8 Å². The number of carbonyl (C=O) groups is 1. The molecule has 156 valence electrons. The van der Waals surface area contributed by atoms with Crippen LogP contribution in [0.15, 0.2) is 24.3 Å². The molecule has 1 saturated carbocycles. The lowest BCUT2D eigenvalue weighted by Gasteiger charge is -2.23. The van der Waals surface area contributed by atoms with E-state index >= 15 is 0 Å². The SMILES string of the molecule is CS(=O)(=O)N(CCCC(=O)NC1CCCCCCC1)c1cccc([N+](=O)[O-])c1. The third-order valence-electron chi connectivity index (χ3n) is 4.96. The van der Waals surface area contributed by atoms with Crippen LogP contribution in [0.2, 0.25) is 0 Å². The Morgan fingerprint density at radius 3 is 2.46 bits per heavy atom. The van der Waals surface area contributed by atoms with E-state index < -0.39 is 14.9 Å². The van der Waals surface area contributed by atoms with Gasteiger partial charge >= 0.3 is 0 Å². The summed E-state index contributed by atoms with van der Waals surface area (Å²) in [5.41, 5.74) is 0.0605. The summed E-state index contributed by atoms with van der Waals surface area (Å²) in [6, 6.07) is 5.72. The Balaban J connectivity index is 1.92. The molecule has 0 saturated heterocycles. The minimum atomic E-state index is -3.62. The van der Waals surface area contributed by atoms with Gasteiger partial charge in [-0.3, -0.25) is 19.2 Å². The highest BCUT2D eigenvalue weighted by Gasteiger charge is 2.20. The van der Waals surface area contributed by atoms with Crippen molar-refractivity contribution < 1.29 is 18.1 Å². The average molecular weight is 412 g/mol. The van der Waals surface area contributed by atoms with Gasteiger partial charge in [0.1, 0.15) is 0 Å². The van der Waals surface area contributed by atoms with Crippen LogP contribution in [-0.4, -0.2) is 38.1 Å². The number of anilines is 1. The molecule has 0 heterocycles. The maximum absolute atomic E-state index is 12.3. The van der Waals surface area contributed by atoms with Crippen LogP contribution in [0.3, 0.4) is 0 Å². The second-order valence-electron chi connectivity index (χ2n) is 7.33. The van der Waals surface area contributed by atoms with E-state index in [0.717, 1.165) is 36.2 Å². The molecule has 0 unspecified atom stereocenters. The minimum absolute atomic E-state index is 0.0712. The number of nitro groups is 1. The highest BCUT2D eigenvalue weighted by molar-refractivity contribution is 7.92. The first-order chi connectivity index (χ1) is 13.3. The van der Waals surface area contributed by atoms with Crippen molar-refractivity contribution in [1.82, 2.24) is 5.32 Å². The van der Waals surface area contributed by atoms with Crippen LogP contribution in [0.5, 0.6) is 0 Å². The van der Waals surface area contributed by atoms with Gasteiger partial charge < -0.3 is 5.32 Å². The van der Waals surface area contributed by atoms with Crippen LogP contribution in [0, 0.1) is 10.1 Å². The summed E-state index contributed by atoms with van der Waals surface area (Å²) in [7, 11) is -3.62. The van der Waals surface area contributed by atoms with Gasteiger partial charge in [0.25, 0.3) is 5.69 Å². The van der Waals surface area contributed by atoms with E-state index in [0.29, 0.717) is 6.42 Å². The first-order valence-electron chi connectivity index (χ1n) is 9.79. The summed E-state index contributed by atoms with van der Waals surface area (Å²) in [5, 5.41) is 14.0. The Morgan fingerprint density at radius 1 is 1.21 bits per heavy atom. The number of amides is 1. The van der Waals surface area contributed by atoms with Crippen molar-refractivity contribution in [3.8, 4) is 0 Å². The van der Waals surface area contributed by atoms with Crippen molar-refractivity contribution in [3.05, 3.63) is 34.4 Å². The third kappa shape index (κ3) is 7.10. The summed E-state index contributed by atoms with van der Waals surface area (Å²) in [6.07, 6.45) is 9.53. The largest absolute Gasteiger partial charge is 0.353 e. The Kier molecular flexibility index (Phi) is 8.22. The van der Waals surface area contributed by atoms with E-state index in [1.165, 1.54) is 43.5 Å². The molecule has 8 nitrogen and oxygen atoms in total. The zero-order chi connectivity index (χ0) is 20.6. The second kappa shape index (κ2) is 10.4. The average Bonchev–Trinajstić information content (AvgIpc) is 2.60. The van der Waals surface area contributed by atoms with Gasteiger partial charge in [-0.15, -0.1) is 0 Å². The van der Waals surface area contributed by atoms with E-state index in [1.54, 1.807) is 0 Å². The number of nitrogens with one attached hydrogen (secondary N) is 1. The van der Waals surface area contributed by atoms with Crippen LogP contribution in [0.4, 0.5) is 11.4 Å². The smallest absolute Gasteiger partial charge is 0.271 e. The fourth-order valence-electron chi connectivity index (χ4n) is 3.53. The molecule has 1 amide bonds. The van der Waals surface area contributed by atoms with Crippen molar-refractivity contribution in [2.24, 2.45) is 0 Å². The Labute approximate surface area is 166 Å². The molecule has 28 heavy (non-hydrogen) atoms. The summed E-state index contributed by atoms with van der Waals surface area (Å²) in [5.74, 6) is -0.0712. The van der Waals surface area contributed by atoms with Crippen LogP contribution >= 0.6 is 0 Å². The number of rotatable bonds is 8. The molecule has 0 radical (unpaired) electrons. The van der Waals surface area contributed by atoms with Gasteiger partial charge in [-0.25, -0.2) is 8.42 Å². The molecule has 1 aliphatic carbocycles. The van der Waals surface area contributed by atoms with Crippen molar-refractivity contribution in [3.63, 3.8) is 0 Å². The molecule has 1 aromatic rings. The van der Waals surface area contributed by atoms with Gasteiger partial charge in [0.05, 0.1) is 16.9 Å². The number of hydrogen-bond acceptors (Lipinski definition) is 5. The summed E-state index contributed by atoms with van der Waals surface area (Å²) in [6.45, 7) is 0.0953. The molecular weight excluding hydrogens is 382 g/mol. The molecule has 0 spiro atoms. The van der Waals surface area contributed by atoms with E-state index in [9.17, 15) is 23.3 Å². The molecule has 1 aromatic carbocycles. The number of nitrogens with zero attached hydrogens (tertiary/aromatic N) is 2. The van der Waals surface area contributed by atoms with Crippen molar-refractivity contribution in [2.75, 3.05) is 17.1 Å². The number of non-ortho nitro benzene ring substituents is 1. The highest BCUT2D eigenvalue weighted by Crippen LogP contribution is 2.23. The van der Waals surface area contributed by atoms with Gasteiger partial charge in [0.2, 0.25) is 15.9 Å². The lowest BCUT2D eigenvalue weighted by atomic mass is 9.96. The monoisotopic (exact) mass is 411 g/mol. The van der Waals surface area contributed by atoms with Gasteiger partial charge in [0.15, 0.2) is 0 Å². The van der Waals surface area contributed by atoms with E-state index in [-0.39, 0.29) is 36.3 Å². The minimum Gasteiger partial charge on any atom is -0.353 e.